The average Bonchev–Trinajstić information content (AvgIpc) is 2.74. The van der Waals surface area contributed by atoms with Gasteiger partial charge in [-0.15, -0.1) is 10.2 Å². The first-order valence-corrected chi connectivity index (χ1v) is 7.54. The number of nitrogens with zero attached hydrogens (tertiary/aromatic N) is 3. The Morgan fingerprint density at radius 3 is 2.58 bits per heavy atom. The van der Waals surface area contributed by atoms with Crippen LogP contribution in [-0.2, 0) is 23.0 Å². The number of nitrogens with two attached hydrogens (primary N) is 1. The van der Waals surface area contributed by atoms with Crippen LogP contribution >= 0.6 is 11.6 Å². The Hall–Kier alpha value is -1.44. The summed E-state index contributed by atoms with van der Waals surface area (Å²) in [5, 5.41) is 13.0. The van der Waals surface area contributed by atoms with E-state index in [9.17, 15) is 8.42 Å². The summed E-state index contributed by atoms with van der Waals surface area (Å²) in [6, 6.07) is 7.30. The Labute approximate surface area is 116 Å². The molecule has 0 unspecified atom stereocenters. The second-order valence-corrected chi connectivity index (χ2v) is 5.82. The highest BCUT2D eigenvalue weighted by molar-refractivity contribution is 7.89. The minimum absolute atomic E-state index is 0.225. The van der Waals surface area contributed by atoms with E-state index in [1.165, 1.54) is 4.57 Å². The molecule has 2 aromatic rings. The first kappa shape index (κ1) is 14.0. The van der Waals surface area contributed by atoms with Crippen molar-refractivity contribution in [2.24, 2.45) is 5.14 Å². The Balaban J connectivity index is 2.43. The van der Waals surface area contributed by atoms with E-state index in [4.69, 9.17) is 16.7 Å². The molecule has 2 N–H and O–H groups in total. The van der Waals surface area contributed by atoms with Crippen LogP contribution in [0.15, 0.2) is 29.4 Å². The van der Waals surface area contributed by atoms with Crippen molar-refractivity contribution in [3.05, 3.63) is 40.7 Å². The molecular weight excluding hydrogens is 288 g/mol. The Morgan fingerprint density at radius 2 is 2.00 bits per heavy atom. The van der Waals surface area contributed by atoms with Crippen molar-refractivity contribution < 1.29 is 8.42 Å². The smallest absolute Gasteiger partial charge is 0.273 e. The third-order valence-corrected chi connectivity index (χ3v) is 3.85. The molecular formula is C11H13ClN4O2S. The number of halogens is 1. The number of hydrogen-bond donors (Lipinski definition) is 1. The van der Waals surface area contributed by atoms with Gasteiger partial charge in [-0.05, 0) is 18.6 Å². The van der Waals surface area contributed by atoms with Gasteiger partial charge < -0.3 is 4.57 Å². The lowest BCUT2D eigenvalue weighted by Gasteiger charge is -2.07. The van der Waals surface area contributed by atoms with Gasteiger partial charge in [0.1, 0.15) is 5.82 Å². The van der Waals surface area contributed by atoms with Gasteiger partial charge in [0.2, 0.25) is 0 Å². The van der Waals surface area contributed by atoms with E-state index in [-0.39, 0.29) is 5.16 Å². The summed E-state index contributed by atoms with van der Waals surface area (Å²) in [6.45, 7) is 2.21. The van der Waals surface area contributed by atoms with Crippen LogP contribution in [0.5, 0.6) is 0 Å². The van der Waals surface area contributed by atoms with Crippen molar-refractivity contribution >= 4 is 21.6 Å². The highest BCUT2D eigenvalue weighted by atomic mass is 35.5. The highest BCUT2D eigenvalue weighted by Gasteiger charge is 2.20. The predicted molar refractivity (Wildman–Crippen MR) is 71.3 cm³/mol. The second kappa shape index (κ2) is 5.28. The third kappa shape index (κ3) is 2.94. The first-order chi connectivity index (χ1) is 8.93. The maximum Gasteiger partial charge on any atom is 0.273 e. The van der Waals surface area contributed by atoms with Crippen LogP contribution in [0.4, 0.5) is 0 Å². The maximum absolute atomic E-state index is 11.4. The normalized spacial score (nSPS) is 11.7. The van der Waals surface area contributed by atoms with E-state index in [0.29, 0.717) is 23.8 Å². The van der Waals surface area contributed by atoms with Crippen molar-refractivity contribution in [1.82, 2.24) is 14.8 Å². The predicted octanol–water partition coefficient (Wildman–Crippen LogP) is 1.19. The van der Waals surface area contributed by atoms with Crippen LogP contribution in [0.3, 0.4) is 0 Å². The quantitative estimate of drug-likeness (QED) is 0.918. The van der Waals surface area contributed by atoms with Gasteiger partial charge in [0, 0.05) is 18.0 Å². The summed E-state index contributed by atoms with van der Waals surface area (Å²) in [5.74, 6) is 0.514. The van der Waals surface area contributed by atoms with E-state index >= 15 is 0 Å². The summed E-state index contributed by atoms with van der Waals surface area (Å²) < 4.78 is 24.2. The Morgan fingerprint density at radius 1 is 1.32 bits per heavy atom. The first-order valence-electron chi connectivity index (χ1n) is 5.61. The molecule has 0 aliphatic heterocycles. The third-order valence-electron chi connectivity index (χ3n) is 2.67. The topological polar surface area (TPSA) is 90.9 Å². The van der Waals surface area contributed by atoms with E-state index in [1.54, 1.807) is 13.0 Å². The summed E-state index contributed by atoms with van der Waals surface area (Å²) in [6.07, 6.45) is 0.399. The maximum atomic E-state index is 11.4. The van der Waals surface area contributed by atoms with Crippen molar-refractivity contribution in [2.45, 2.75) is 25.0 Å². The monoisotopic (exact) mass is 300 g/mol. The fraction of sp³-hybridized carbons (Fsp3) is 0.273. The minimum Gasteiger partial charge on any atom is -0.301 e. The average molecular weight is 301 g/mol. The standard InChI is InChI=1S/C11H13ClN4O2S/c1-2-16-10(14-15-11(16)19(13,17)18)7-8-5-3-4-6-9(8)12/h3-6H,2,7H2,1H3,(H2,13,17,18). The van der Waals surface area contributed by atoms with Gasteiger partial charge in [-0.25, -0.2) is 13.6 Å². The number of rotatable bonds is 4. The molecule has 0 amide bonds. The molecule has 1 heterocycles. The van der Waals surface area contributed by atoms with Crippen molar-refractivity contribution in [1.29, 1.82) is 0 Å². The van der Waals surface area contributed by atoms with Crippen LogP contribution in [0.1, 0.15) is 18.3 Å². The summed E-state index contributed by atoms with van der Waals surface area (Å²) >= 11 is 6.07. The molecule has 0 saturated carbocycles. The van der Waals surface area contributed by atoms with Crippen LogP contribution in [0.25, 0.3) is 0 Å². The Kier molecular flexibility index (Phi) is 3.88. The molecule has 8 heteroatoms. The van der Waals surface area contributed by atoms with E-state index in [0.717, 1.165) is 5.56 Å². The van der Waals surface area contributed by atoms with E-state index in [2.05, 4.69) is 10.2 Å². The molecule has 19 heavy (non-hydrogen) atoms. The molecule has 0 saturated heterocycles. The van der Waals surface area contributed by atoms with E-state index < -0.39 is 10.0 Å². The largest absolute Gasteiger partial charge is 0.301 e. The lowest BCUT2D eigenvalue weighted by atomic mass is 10.1. The van der Waals surface area contributed by atoms with Crippen LogP contribution in [-0.4, -0.2) is 23.2 Å². The summed E-state index contributed by atoms with van der Waals surface area (Å²) in [4.78, 5) is 0. The molecule has 0 aliphatic rings. The van der Waals surface area contributed by atoms with Crippen molar-refractivity contribution in [3.8, 4) is 0 Å². The zero-order valence-electron chi connectivity index (χ0n) is 10.2. The van der Waals surface area contributed by atoms with Gasteiger partial charge >= 0.3 is 0 Å². The molecule has 0 bridgehead atoms. The molecule has 0 aliphatic carbocycles. The molecule has 0 atom stereocenters. The molecule has 0 spiro atoms. The van der Waals surface area contributed by atoms with Crippen LogP contribution in [0, 0.1) is 0 Å². The molecule has 0 fully saturated rings. The number of benzene rings is 1. The zero-order chi connectivity index (χ0) is 14.0. The Bertz CT molecular complexity index is 696. The van der Waals surface area contributed by atoms with Gasteiger partial charge in [0.15, 0.2) is 0 Å². The number of hydrogen-bond acceptors (Lipinski definition) is 4. The van der Waals surface area contributed by atoms with Gasteiger partial charge in [-0.1, -0.05) is 29.8 Å². The number of primary sulfonamides is 1. The van der Waals surface area contributed by atoms with Crippen molar-refractivity contribution in [2.75, 3.05) is 0 Å². The SMILES string of the molecule is CCn1c(Cc2ccccc2Cl)nnc1S(N)(=O)=O. The fourth-order valence-electron chi connectivity index (χ4n) is 1.79. The van der Waals surface area contributed by atoms with Gasteiger partial charge in [0.05, 0.1) is 0 Å². The lowest BCUT2D eigenvalue weighted by Crippen LogP contribution is -2.19. The number of sulfonamides is 1. The minimum atomic E-state index is -3.87. The summed E-state index contributed by atoms with van der Waals surface area (Å²) in [7, 11) is -3.87. The summed E-state index contributed by atoms with van der Waals surface area (Å²) in [5.41, 5.74) is 0.854. The van der Waals surface area contributed by atoms with Crippen molar-refractivity contribution in [3.63, 3.8) is 0 Å². The molecule has 1 aromatic heterocycles. The van der Waals surface area contributed by atoms with Crippen LogP contribution < -0.4 is 5.14 Å². The second-order valence-electron chi connectivity index (χ2n) is 3.96. The van der Waals surface area contributed by atoms with Gasteiger partial charge in [-0.2, -0.15) is 0 Å². The number of aromatic nitrogens is 3. The lowest BCUT2D eigenvalue weighted by molar-refractivity contribution is 0.565. The van der Waals surface area contributed by atoms with Gasteiger partial charge in [0.25, 0.3) is 15.2 Å². The van der Waals surface area contributed by atoms with Crippen LogP contribution in [0.2, 0.25) is 5.02 Å². The molecule has 2 rings (SSSR count). The zero-order valence-corrected chi connectivity index (χ0v) is 11.8. The molecule has 0 radical (unpaired) electrons. The molecule has 102 valence electrons. The van der Waals surface area contributed by atoms with E-state index in [1.807, 2.05) is 18.2 Å². The van der Waals surface area contributed by atoms with Gasteiger partial charge in [-0.3, -0.25) is 0 Å². The highest BCUT2D eigenvalue weighted by Crippen LogP contribution is 2.19. The molecule has 6 nitrogen and oxygen atoms in total. The fourth-order valence-corrected chi connectivity index (χ4v) is 2.69. The molecule has 1 aromatic carbocycles.